The molecule has 136 valence electrons. The van der Waals surface area contributed by atoms with Gasteiger partial charge in [0.05, 0.1) is 29.6 Å². The summed E-state index contributed by atoms with van der Waals surface area (Å²) in [4.78, 5) is 22.5. The van der Waals surface area contributed by atoms with Crippen molar-refractivity contribution in [2.24, 2.45) is 0 Å². The molecule has 2 aromatic carbocycles. The summed E-state index contributed by atoms with van der Waals surface area (Å²) in [6, 6.07) is 7.50. The number of hydrogen-bond donors (Lipinski definition) is 0. The molecule has 0 spiro atoms. The van der Waals surface area contributed by atoms with E-state index in [0.29, 0.717) is 40.9 Å². The minimum atomic E-state index is -0.510. The van der Waals surface area contributed by atoms with Crippen LogP contribution in [0.5, 0.6) is 17.2 Å². The number of benzene rings is 2. The van der Waals surface area contributed by atoms with Gasteiger partial charge in [0, 0.05) is 18.1 Å². The molecule has 0 amide bonds. The number of nitrogens with zero attached hydrogens (tertiary/aromatic N) is 1. The molecule has 0 bridgehead atoms. The van der Waals surface area contributed by atoms with Crippen LogP contribution in [0, 0.1) is 17.0 Å². The number of esters is 1. The number of fused-ring (bicyclic) bond motifs is 1. The van der Waals surface area contributed by atoms with E-state index in [1.54, 1.807) is 19.1 Å². The highest BCUT2D eigenvalue weighted by molar-refractivity contribution is 6.32. The zero-order chi connectivity index (χ0) is 18.7. The van der Waals surface area contributed by atoms with E-state index in [1.807, 2.05) is 0 Å². The predicted molar refractivity (Wildman–Crippen MR) is 94.2 cm³/mol. The van der Waals surface area contributed by atoms with Gasteiger partial charge in [-0.2, -0.15) is 0 Å². The summed E-state index contributed by atoms with van der Waals surface area (Å²) in [7, 11) is 0. The minimum Gasteiger partial charge on any atom is -0.489 e. The maximum atomic E-state index is 12.2. The van der Waals surface area contributed by atoms with Gasteiger partial charge in [0.15, 0.2) is 11.5 Å². The molecule has 1 aliphatic heterocycles. The molecule has 26 heavy (non-hydrogen) atoms. The van der Waals surface area contributed by atoms with Crippen LogP contribution >= 0.6 is 11.6 Å². The first-order chi connectivity index (χ1) is 12.4. The van der Waals surface area contributed by atoms with Crippen LogP contribution in [-0.2, 0) is 11.2 Å². The Bertz CT molecular complexity index is 867. The van der Waals surface area contributed by atoms with E-state index < -0.39 is 10.9 Å². The van der Waals surface area contributed by atoms with Gasteiger partial charge in [-0.15, -0.1) is 0 Å². The fourth-order valence-electron chi connectivity index (χ4n) is 2.62. The number of aryl methyl sites for hydroxylation is 1. The second-order valence-corrected chi connectivity index (χ2v) is 6.22. The molecule has 1 aliphatic rings. The van der Waals surface area contributed by atoms with Crippen molar-refractivity contribution in [2.75, 3.05) is 13.2 Å². The molecule has 0 fully saturated rings. The third kappa shape index (κ3) is 4.05. The third-order valence-corrected chi connectivity index (χ3v) is 4.09. The van der Waals surface area contributed by atoms with Gasteiger partial charge in [-0.25, -0.2) is 0 Å². The van der Waals surface area contributed by atoms with Crippen LogP contribution in [0.3, 0.4) is 0 Å². The van der Waals surface area contributed by atoms with E-state index in [-0.39, 0.29) is 17.9 Å². The molecule has 0 unspecified atom stereocenters. The van der Waals surface area contributed by atoms with Crippen molar-refractivity contribution in [1.82, 2.24) is 0 Å². The lowest BCUT2D eigenvalue weighted by molar-refractivity contribution is -0.385. The monoisotopic (exact) mass is 377 g/mol. The van der Waals surface area contributed by atoms with Gasteiger partial charge in [-0.3, -0.25) is 14.9 Å². The van der Waals surface area contributed by atoms with Crippen LogP contribution in [0.25, 0.3) is 0 Å². The number of halogens is 1. The quantitative estimate of drug-likeness (QED) is 0.348. The van der Waals surface area contributed by atoms with Crippen molar-refractivity contribution in [3.05, 3.63) is 56.6 Å². The summed E-state index contributed by atoms with van der Waals surface area (Å²) in [5.41, 5.74) is 1.02. The van der Waals surface area contributed by atoms with Crippen molar-refractivity contribution in [3.8, 4) is 17.2 Å². The zero-order valence-electron chi connectivity index (χ0n) is 14.0. The Morgan fingerprint density at radius 1 is 1.27 bits per heavy atom. The van der Waals surface area contributed by atoms with Gasteiger partial charge in [0.2, 0.25) is 0 Å². The lowest BCUT2D eigenvalue weighted by Crippen LogP contribution is -2.11. The summed E-state index contributed by atoms with van der Waals surface area (Å²) in [6.07, 6.45) is 0.730. The SMILES string of the molecule is Cc1cc(OC(=O)Cc2cc(Cl)c3c(c2)OCCCO3)ccc1[N+](=O)[O-]. The normalized spacial score (nSPS) is 13.0. The molecule has 7 nitrogen and oxygen atoms in total. The first-order valence-electron chi connectivity index (χ1n) is 7.98. The minimum absolute atomic E-state index is 0.0214. The highest BCUT2D eigenvalue weighted by atomic mass is 35.5. The van der Waals surface area contributed by atoms with Crippen LogP contribution in [0.2, 0.25) is 5.02 Å². The molecule has 0 aliphatic carbocycles. The molecule has 0 radical (unpaired) electrons. The molecular formula is C18H16ClNO6. The lowest BCUT2D eigenvalue weighted by atomic mass is 10.1. The summed E-state index contributed by atoms with van der Waals surface area (Å²) in [5, 5.41) is 11.2. The number of carbonyl (C=O) groups excluding carboxylic acids is 1. The average Bonchev–Trinajstić information content (AvgIpc) is 2.80. The molecule has 3 rings (SSSR count). The number of carbonyl (C=O) groups is 1. The van der Waals surface area contributed by atoms with Crippen molar-refractivity contribution >= 4 is 23.3 Å². The summed E-state index contributed by atoms with van der Waals surface area (Å²) in [5.74, 6) is 0.721. The van der Waals surface area contributed by atoms with Gasteiger partial charge in [-0.05, 0) is 36.8 Å². The van der Waals surface area contributed by atoms with Gasteiger partial charge in [-0.1, -0.05) is 11.6 Å². The molecule has 0 aromatic heterocycles. The molecule has 8 heteroatoms. The maximum absolute atomic E-state index is 12.2. The molecule has 0 saturated heterocycles. The molecule has 0 N–H and O–H groups in total. The van der Waals surface area contributed by atoms with Crippen molar-refractivity contribution in [3.63, 3.8) is 0 Å². The summed E-state index contributed by atoms with van der Waals surface area (Å²) >= 11 is 6.21. The van der Waals surface area contributed by atoms with Crippen LogP contribution in [-0.4, -0.2) is 24.1 Å². The summed E-state index contributed by atoms with van der Waals surface area (Å²) in [6.45, 7) is 2.62. The Kier molecular flexibility index (Phi) is 5.27. The second kappa shape index (κ2) is 7.61. The fraction of sp³-hybridized carbons (Fsp3) is 0.278. The van der Waals surface area contributed by atoms with E-state index in [1.165, 1.54) is 18.2 Å². The Hall–Kier alpha value is -2.80. The van der Waals surface area contributed by atoms with E-state index in [0.717, 1.165) is 6.42 Å². The number of ether oxygens (including phenoxy) is 3. The topological polar surface area (TPSA) is 87.9 Å². The van der Waals surface area contributed by atoms with Crippen LogP contribution in [0.1, 0.15) is 17.5 Å². The standard InChI is InChI=1S/C18H16ClNO6/c1-11-7-13(3-4-15(11)20(22)23)26-17(21)10-12-8-14(19)18-16(9-12)24-5-2-6-25-18/h3-4,7-9H,2,5-6,10H2,1H3. The molecule has 1 heterocycles. The Morgan fingerprint density at radius 3 is 2.77 bits per heavy atom. The van der Waals surface area contributed by atoms with E-state index >= 15 is 0 Å². The van der Waals surface area contributed by atoms with Crippen molar-refractivity contribution in [1.29, 1.82) is 0 Å². The largest absolute Gasteiger partial charge is 0.489 e. The van der Waals surface area contributed by atoms with E-state index in [2.05, 4.69) is 0 Å². The van der Waals surface area contributed by atoms with Crippen LogP contribution < -0.4 is 14.2 Å². The highest BCUT2D eigenvalue weighted by Crippen LogP contribution is 2.38. The molecule has 2 aromatic rings. The van der Waals surface area contributed by atoms with E-state index in [4.69, 9.17) is 25.8 Å². The molecular weight excluding hydrogens is 362 g/mol. The number of hydrogen-bond acceptors (Lipinski definition) is 6. The first kappa shape index (κ1) is 18.0. The van der Waals surface area contributed by atoms with Gasteiger partial charge >= 0.3 is 5.97 Å². The zero-order valence-corrected chi connectivity index (χ0v) is 14.7. The third-order valence-electron chi connectivity index (χ3n) is 3.81. The van der Waals surface area contributed by atoms with Crippen molar-refractivity contribution in [2.45, 2.75) is 19.8 Å². The fourth-order valence-corrected chi connectivity index (χ4v) is 2.90. The maximum Gasteiger partial charge on any atom is 0.315 e. The smallest absolute Gasteiger partial charge is 0.315 e. The van der Waals surface area contributed by atoms with Crippen LogP contribution in [0.4, 0.5) is 5.69 Å². The lowest BCUT2D eigenvalue weighted by Gasteiger charge is -2.11. The number of rotatable bonds is 4. The number of nitro groups is 1. The van der Waals surface area contributed by atoms with E-state index in [9.17, 15) is 14.9 Å². The Balaban J connectivity index is 1.72. The Labute approximate surface area is 154 Å². The van der Waals surface area contributed by atoms with Crippen LogP contribution in [0.15, 0.2) is 30.3 Å². The second-order valence-electron chi connectivity index (χ2n) is 5.81. The molecule has 0 atom stereocenters. The van der Waals surface area contributed by atoms with Gasteiger partial charge < -0.3 is 14.2 Å². The van der Waals surface area contributed by atoms with Gasteiger partial charge in [0.1, 0.15) is 5.75 Å². The average molecular weight is 378 g/mol. The summed E-state index contributed by atoms with van der Waals surface area (Å²) < 4.78 is 16.4. The highest BCUT2D eigenvalue weighted by Gasteiger charge is 2.18. The first-order valence-corrected chi connectivity index (χ1v) is 8.35. The predicted octanol–water partition coefficient (Wildman–Crippen LogP) is 3.87. The molecule has 0 saturated carbocycles. The van der Waals surface area contributed by atoms with Crippen molar-refractivity contribution < 1.29 is 23.9 Å². The Morgan fingerprint density at radius 2 is 2.04 bits per heavy atom. The number of nitro benzene ring substituents is 1. The van der Waals surface area contributed by atoms with Gasteiger partial charge in [0.25, 0.3) is 5.69 Å².